The van der Waals surface area contributed by atoms with Crippen LogP contribution in [-0.4, -0.2) is 20.9 Å². The standard InChI is InChI=1S/C24H18BrClN2O3S/c1-2-14-28-21-13-10-18(26)15-20(21)22(16-6-4-3-5-7-16)23(32(28,30)31)24(29)27-19-11-8-17(25)9-12-19/h2-13,15H,1,14H2,(H,27,29). The summed E-state index contributed by atoms with van der Waals surface area (Å²) in [5.74, 6) is -0.731. The van der Waals surface area contributed by atoms with Gasteiger partial charge >= 0.3 is 0 Å². The first-order chi connectivity index (χ1) is 15.3. The number of carbonyl (C=O) groups is 1. The van der Waals surface area contributed by atoms with Crippen LogP contribution in [0.1, 0.15) is 11.1 Å². The van der Waals surface area contributed by atoms with Crippen LogP contribution in [0.15, 0.2) is 94.8 Å². The van der Waals surface area contributed by atoms with Crippen molar-refractivity contribution in [3.63, 3.8) is 0 Å². The fourth-order valence-corrected chi connectivity index (χ4v) is 5.72. The van der Waals surface area contributed by atoms with Crippen molar-refractivity contribution in [2.75, 3.05) is 16.2 Å². The quantitative estimate of drug-likeness (QED) is 0.423. The SMILES string of the molecule is C=CCN1c2ccc(Cl)cc2C(c2ccccc2)=C(C(=O)Nc2ccc(Br)cc2)S1(=O)=O. The number of fused-ring (bicyclic) bond motifs is 1. The average molecular weight is 530 g/mol. The van der Waals surface area contributed by atoms with Crippen molar-refractivity contribution in [3.8, 4) is 0 Å². The van der Waals surface area contributed by atoms with E-state index >= 15 is 0 Å². The normalized spacial score (nSPS) is 14.6. The smallest absolute Gasteiger partial charge is 0.270 e. The molecule has 3 aromatic rings. The molecule has 0 aliphatic carbocycles. The number of nitrogens with one attached hydrogen (secondary N) is 1. The Bertz CT molecular complexity index is 1340. The van der Waals surface area contributed by atoms with Crippen molar-refractivity contribution in [3.05, 3.63) is 111 Å². The van der Waals surface area contributed by atoms with Crippen LogP contribution in [0.4, 0.5) is 11.4 Å². The molecule has 0 saturated heterocycles. The maximum absolute atomic E-state index is 13.7. The molecule has 0 saturated carbocycles. The molecule has 162 valence electrons. The number of rotatable bonds is 5. The zero-order chi connectivity index (χ0) is 22.9. The summed E-state index contributed by atoms with van der Waals surface area (Å²) in [6.07, 6.45) is 1.48. The highest BCUT2D eigenvalue weighted by Crippen LogP contribution is 2.44. The van der Waals surface area contributed by atoms with E-state index in [4.69, 9.17) is 11.6 Å². The van der Waals surface area contributed by atoms with Crippen molar-refractivity contribution in [1.82, 2.24) is 0 Å². The van der Waals surface area contributed by atoms with E-state index in [9.17, 15) is 13.2 Å². The lowest BCUT2D eigenvalue weighted by molar-refractivity contribution is -0.112. The summed E-state index contributed by atoms with van der Waals surface area (Å²) in [5.41, 5.74) is 2.37. The van der Waals surface area contributed by atoms with Gasteiger partial charge in [0.1, 0.15) is 0 Å². The van der Waals surface area contributed by atoms with E-state index in [0.717, 1.165) is 4.47 Å². The van der Waals surface area contributed by atoms with Crippen LogP contribution in [0.25, 0.3) is 5.57 Å². The number of benzene rings is 3. The van der Waals surface area contributed by atoms with Gasteiger partial charge in [0, 0.05) is 26.3 Å². The fraction of sp³-hybridized carbons (Fsp3) is 0.0417. The van der Waals surface area contributed by atoms with E-state index < -0.39 is 15.9 Å². The van der Waals surface area contributed by atoms with E-state index in [1.807, 2.05) is 6.07 Å². The van der Waals surface area contributed by atoms with Crippen LogP contribution in [-0.2, 0) is 14.8 Å². The monoisotopic (exact) mass is 528 g/mol. The first kappa shape index (κ1) is 22.3. The van der Waals surface area contributed by atoms with Crippen LogP contribution in [0.2, 0.25) is 5.02 Å². The van der Waals surface area contributed by atoms with Gasteiger partial charge < -0.3 is 5.32 Å². The largest absolute Gasteiger partial charge is 0.321 e. The Morgan fingerprint density at radius 1 is 1.06 bits per heavy atom. The van der Waals surface area contributed by atoms with E-state index in [1.54, 1.807) is 66.7 Å². The molecule has 1 aliphatic heterocycles. The Morgan fingerprint density at radius 2 is 1.75 bits per heavy atom. The number of sulfonamides is 1. The summed E-state index contributed by atoms with van der Waals surface area (Å²) in [5, 5.41) is 3.15. The third kappa shape index (κ3) is 4.11. The number of hydrogen-bond acceptors (Lipinski definition) is 3. The molecular formula is C24H18BrClN2O3S. The number of hydrogen-bond donors (Lipinski definition) is 1. The summed E-state index contributed by atoms with van der Waals surface area (Å²) in [7, 11) is -4.20. The minimum Gasteiger partial charge on any atom is -0.321 e. The molecular weight excluding hydrogens is 512 g/mol. The van der Waals surface area contributed by atoms with Gasteiger partial charge in [-0.05, 0) is 48.0 Å². The Labute approximate surface area is 200 Å². The number of nitrogens with zero attached hydrogens (tertiary/aromatic N) is 1. The van der Waals surface area contributed by atoms with Crippen molar-refractivity contribution < 1.29 is 13.2 Å². The summed E-state index contributed by atoms with van der Waals surface area (Å²) < 4.78 is 29.5. The van der Waals surface area contributed by atoms with Crippen LogP contribution >= 0.6 is 27.5 Å². The highest BCUT2D eigenvalue weighted by Gasteiger charge is 2.41. The first-order valence-electron chi connectivity index (χ1n) is 9.63. The molecule has 0 spiro atoms. The van der Waals surface area contributed by atoms with Crippen LogP contribution in [0, 0.1) is 0 Å². The zero-order valence-corrected chi connectivity index (χ0v) is 19.9. The van der Waals surface area contributed by atoms with Crippen LogP contribution < -0.4 is 9.62 Å². The van der Waals surface area contributed by atoms with E-state index in [2.05, 4.69) is 27.8 Å². The molecule has 3 aromatic carbocycles. The van der Waals surface area contributed by atoms with E-state index in [0.29, 0.717) is 33.1 Å². The lowest BCUT2D eigenvalue weighted by Gasteiger charge is -2.33. The lowest BCUT2D eigenvalue weighted by Crippen LogP contribution is -2.39. The maximum atomic E-state index is 13.7. The second-order valence-corrected chi connectivity index (χ2v) is 10.2. The molecule has 8 heteroatoms. The molecule has 0 fully saturated rings. The van der Waals surface area contributed by atoms with Gasteiger partial charge in [0.15, 0.2) is 4.91 Å². The van der Waals surface area contributed by atoms with Gasteiger partial charge in [-0.15, -0.1) is 6.58 Å². The highest BCUT2D eigenvalue weighted by molar-refractivity contribution is 9.10. The molecule has 0 radical (unpaired) electrons. The van der Waals surface area contributed by atoms with Gasteiger partial charge in [0.05, 0.1) is 12.2 Å². The van der Waals surface area contributed by atoms with Gasteiger partial charge in [-0.1, -0.05) is 63.9 Å². The summed E-state index contributed by atoms with van der Waals surface area (Å²) in [6.45, 7) is 3.69. The highest BCUT2D eigenvalue weighted by atomic mass is 79.9. The number of amides is 1. The van der Waals surface area contributed by atoms with Crippen molar-refractivity contribution in [2.24, 2.45) is 0 Å². The molecule has 0 atom stereocenters. The average Bonchev–Trinajstić information content (AvgIpc) is 2.77. The predicted molar refractivity (Wildman–Crippen MR) is 133 cm³/mol. The predicted octanol–water partition coefficient (Wildman–Crippen LogP) is 5.84. The van der Waals surface area contributed by atoms with E-state index in [-0.39, 0.29) is 11.4 Å². The second kappa shape index (κ2) is 8.94. The molecule has 0 unspecified atom stereocenters. The molecule has 1 heterocycles. The second-order valence-electron chi connectivity index (χ2n) is 7.02. The molecule has 0 bridgehead atoms. The van der Waals surface area contributed by atoms with Gasteiger partial charge in [-0.25, -0.2) is 8.42 Å². The van der Waals surface area contributed by atoms with Crippen molar-refractivity contribution in [1.29, 1.82) is 0 Å². The number of halogens is 2. The third-order valence-electron chi connectivity index (χ3n) is 4.94. The van der Waals surface area contributed by atoms with Gasteiger partial charge in [-0.3, -0.25) is 9.10 Å². The minimum absolute atomic E-state index is 0.00803. The zero-order valence-electron chi connectivity index (χ0n) is 16.8. The molecule has 0 aromatic heterocycles. The topological polar surface area (TPSA) is 66.5 Å². The van der Waals surface area contributed by atoms with Gasteiger partial charge in [0.25, 0.3) is 15.9 Å². The molecule has 1 aliphatic rings. The number of anilines is 2. The van der Waals surface area contributed by atoms with Crippen molar-refractivity contribution in [2.45, 2.75) is 0 Å². The Hall–Kier alpha value is -2.87. The van der Waals surface area contributed by atoms with Crippen molar-refractivity contribution >= 4 is 60.4 Å². The Kier molecular flexibility index (Phi) is 6.24. The molecule has 32 heavy (non-hydrogen) atoms. The molecule has 1 N–H and O–H groups in total. The molecule has 4 rings (SSSR count). The van der Waals surface area contributed by atoms with E-state index in [1.165, 1.54) is 10.4 Å². The molecule has 1 amide bonds. The summed E-state index contributed by atoms with van der Waals surface area (Å²) in [6, 6.07) is 20.8. The first-order valence-corrected chi connectivity index (χ1v) is 12.2. The molecule has 5 nitrogen and oxygen atoms in total. The van der Waals surface area contributed by atoms with Crippen LogP contribution in [0.3, 0.4) is 0 Å². The van der Waals surface area contributed by atoms with Gasteiger partial charge in [0.2, 0.25) is 0 Å². The summed E-state index contributed by atoms with van der Waals surface area (Å²) in [4.78, 5) is 13.1. The number of carbonyl (C=O) groups excluding carboxylic acids is 1. The summed E-state index contributed by atoms with van der Waals surface area (Å²) >= 11 is 9.63. The minimum atomic E-state index is -4.20. The fourth-order valence-electron chi connectivity index (χ4n) is 3.57. The van der Waals surface area contributed by atoms with Gasteiger partial charge in [-0.2, -0.15) is 0 Å². The maximum Gasteiger partial charge on any atom is 0.270 e. The lowest BCUT2D eigenvalue weighted by atomic mass is 9.95. The van der Waals surface area contributed by atoms with Crippen LogP contribution in [0.5, 0.6) is 0 Å². The Balaban J connectivity index is 2.00. The Morgan fingerprint density at radius 3 is 2.41 bits per heavy atom. The third-order valence-corrected chi connectivity index (χ3v) is 7.53.